The molecule has 4 aromatic heterocycles. The van der Waals surface area contributed by atoms with E-state index in [1.165, 1.54) is 88.4 Å². The van der Waals surface area contributed by atoms with Crippen LogP contribution in [0.2, 0.25) is 0 Å². The Balaban J connectivity index is 1.34. The van der Waals surface area contributed by atoms with E-state index in [1.54, 1.807) is 0 Å². The van der Waals surface area contributed by atoms with Crippen LogP contribution in [0.3, 0.4) is 0 Å². The van der Waals surface area contributed by atoms with Gasteiger partial charge in [0.15, 0.2) is 5.52 Å². The molecule has 0 saturated heterocycles. The van der Waals surface area contributed by atoms with Gasteiger partial charge in [-0.2, -0.15) is 13.7 Å². The van der Waals surface area contributed by atoms with Crippen LogP contribution >= 0.6 is 0 Å². The molecule has 0 amide bonds. The minimum absolute atomic E-state index is 0.296. The van der Waals surface area contributed by atoms with Gasteiger partial charge in [-0.05, 0) is 78.0 Å². The summed E-state index contributed by atoms with van der Waals surface area (Å²) < 4.78 is 12.6. The van der Waals surface area contributed by atoms with Crippen LogP contribution in [0.25, 0.3) is 83.6 Å². The molecular weight excluding hydrogens is 697 g/mol. The van der Waals surface area contributed by atoms with Gasteiger partial charge in [0.1, 0.15) is 16.8 Å². The lowest BCUT2D eigenvalue weighted by molar-refractivity contribution is -0.983. The third-order valence-corrected chi connectivity index (χ3v) is 13.3. The molecule has 1 spiro atoms. The number of rotatable bonds is 4. The zero-order chi connectivity index (χ0) is 38.1. The molecule has 6 nitrogen and oxygen atoms in total. The second-order valence-electron chi connectivity index (χ2n) is 16.9. The summed E-state index contributed by atoms with van der Waals surface area (Å²) in [5.41, 5.74) is 15.3. The van der Waals surface area contributed by atoms with Gasteiger partial charge >= 0.3 is 11.5 Å². The first-order valence-electron chi connectivity index (χ1n) is 20.3. The Labute approximate surface area is 330 Å². The van der Waals surface area contributed by atoms with Gasteiger partial charge in [0, 0.05) is 44.3 Å². The number of nitrogens with zero attached hydrogens (tertiary/aromatic N) is 6. The molecule has 0 saturated carbocycles. The number of para-hydroxylation sites is 3. The summed E-state index contributed by atoms with van der Waals surface area (Å²) in [6.45, 7) is 11.5. The maximum absolute atomic E-state index is 6.03. The van der Waals surface area contributed by atoms with Crippen molar-refractivity contribution in [2.45, 2.75) is 52.1 Å². The highest BCUT2D eigenvalue weighted by molar-refractivity contribution is 6.22. The lowest BCUT2D eigenvalue weighted by atomic mass is 9.82. The lowest BCUT2D eigenvalue weighted by Gasteiger charge is -2.35. The van der Waals surface area contributed by atoms with Gasteiger partial charge in [0.05, 0.1) is 34.0 Å². The molecule has 3 aliphatic rings. The molecule has 0 bridgehead atoms. The smallest absolute Gasteiger partial charge is 0.308 e. The van der Waals surface area contributed by atoms with Crippen molar-refractivity contribution in [1.29, 1.82) is 0 Å². The summed E-state index contributed by atoms with van der Waals surface area (Å²) in [5, 5.41) is 11.1. The summed E-state index contributed by atoms with van der Waals surface area (Å²) in [5.74, 6) is 3.78. The second-order valence-corrected chi connectivity index (χ2v) is 16.9. The summed E-state index contributed by atoms with van der Waals surface area (Å²) in [6, 6.07) is 49.7. The predicted octanol–water partition coefficient (Wildman–Crippen LogP) is 10.8. The van der Waals surface area contributed by atoms with E-state index in [9.17, 15) is 0 Å². The van der Waals surface area contributed by atoms with E-state index in [4.69, 9.17) is 5.10 Å². The molecule has 0 unspecified atom stereocenters. The van der Waals surface area contributed by atoms with Gasteiger partial charge in [-0.1, -0.05) is 111 Å². The second kappa shape index (κ2) is 10.5. The third-order valence-electron chi connectivity index (χ3n) is 13.3. The number of hydrogen-bond acceptors (Lipinski definition) is 1. The topological polar surface area (TPSA) is 35.4 Å². The van der Waals surface area contributed by atoms with Crippen molar-refractivity contribution >= 4 is 43.6 Å². The van der Waals surface area contributed by atoms with Crippen LogP contribution in [0, 0.1) is 6.92 Å². The van der Waals surface area contributed by atoms with Gasteiger partial charge < -0.3 is 4.57 Å². The van der Waals surface area contributed by atoms with Gasteiger partial charge in [0.2, 0.25) is 0 Å². The van der Waals surface area contributed by atoms with Crippen LogP contribution in [0.5, 0.6) is 0 Å². The summed E-state index contributed by atoms with van der Waals surface area (Å²) >= 11 is 0. The number of aryl methyl sites for hydroxylation is 1. The average Bonchev–Trinajstić information content (AvgIpc) is 3.96. The van der Waals surface area contributed by atoms with Gasteiger partial charge in [0.25, 0.3) is 11.6 Å². The average molecular weight is 737 g/mol. The molecule has 272 valence electrons. The van der Waals surface area contributed by atoms with E-state index in [1.807, 2.05) is 0 Å². The Morgan fingerprint density at radius 2 is 1.18 bits per heavy atom. The van der Waals surface area contributed by atoms with Crippen molar-refractivity contribution in [3.8, 4) is 40.0 Å². The molecule has 6 aromatic carbocycles. The molecule has 7 heterocycles. The first kappa shape index (κ1) is 31.4. The first-order chi connectivity index (χ1) is 27.9. The molecule has 57 heavy (non-hydrogen) atoms. The number of pyridine rings is 1. The van der Waals surface area contributed by atoms with E-state index < -0.39 is 5.66 Å². The van der Waals surface area contributed by atoms with Crippen LogP contribution in [0.1, 0.15) is 67.3 Å². The quantitative estimate of drug-likeness (QED) is 0.166. The monoisotopic (exact) mass is 736 g/mol. The summed E-state index contributed by atoms with van der Waals surface area (Å²) in [4.78, 5) is 0. The van der Waals surface area contributed by atoms with Gasteiger partial charge in [-0.3, -0.25) is 0 Å². The highest BCUT2D eigenvalue weighted by Gasteiger charge is 2.67. The maximum atomic E-state index is 6.03. The Morgan fingerprint density at radius 3 is 1.89 bits per heavy atom. The Bertz CT molecular complexity index is 3380. The van der Waals surface area contributed by atoms with Crippen LogP contribution in [-0.4, -0.2) is 18.8 Å². The maximum Gasteiger partial charge on any atom is 0.335 e. The van der Waals surface area contributed by atoms with Crippen molar-refractivity contribution in [3.63, 3.8) is 0 Å². The molecule has 0 fully saturated rings. The lowest BCUT2D eigenvalue weighted by Crippen LogP contribution is -2.76. The van der Waals surface area contributed by atoms with Crippen molar-refractivity contribution < 1.29 is 9.25 Å². The number of benzene rings is 6. The van der Waals surface area contributed by atoms with E-state index in [0.717, 1.165) is 23.0 Å². The van der Waals surface area contributed by atoms with Gasteiger partial charge in [-0.15, -0.1) is 0 Å². The molecule has 3 aliphatic heterocycles. The van der Waals surface area contributed by atoms with E-state index in [-0.39, 0.29) is 0 Å². The molecule has 0 radical (unpaired) electrons. The summed E-state index contributed by atoms with van der Waals surface area (Å²) in [7, 11) is 0. The fourth-order valence-corrected chi connectivity index (χ4v) is 11.1. The fourth-order valence-electron chi connectivity index (χ4n) is 11.1. The summed E-state index contributed by atoms with van der Waals surface area (Å²) in [6.07, 6.45) is 2.30. The highest BCUT2D eigenvalue weighted by atomic mass is 15.5. The Hall–Kier alpha value is -6.79. The van der Waals surface area contributed by atoms with Crippen molar-refractivity contribution in [2.24, 2.45) is 0 Å². The van der Waals surface area contributed by atoms with E-state index in [2.05, 4.69) is 197 Å². The SMILES string of the molecule is Cc1ccccc1-c1n[n+]2c(n1-c1c(C(C)C)cccc1C(C)C)-c1cccc3c1[C@@]21c2c4c(cc5c6ccccc6n(c25)-c2cccc[n+]21)c1ccccc1n4-3. The number of aromatic nitrogens is 6. The highest BCUT2D eigenvalue weighted by Crippen LogP contribution is 2.56. The zero-order valence-corrected chi connectivity index (χ0v) is 32.6. The van der Waals surface area contributed by atoms with Crippen molar-refractivity contribution in [2.75, 3.05) is 0 Å². The molecule has 0 N–H and O–H groups in total. The Kier molecular flexibility index (Phi) is 5.81. The number of fused-ring (bicyclic) bond motifs is 11. The fraction of sp³-hybridized carbons (Fsp3) is 0.157. The van der Waals surface area contributed by atoms with Gasteiger partial charge in [-0.25, -0.2) is 0 Å². The predicted molar refractivity (Wildman–Crippen MR) is 228 cm³/mol. The first-order valence-corrected chi connectivity index (χ1v) is 20.3. The van der Waals surface area contributed by atoms with Crippen LogP contribution < -0.4 is 9.25 Å². The van der Waals surface area contributed by atoms with Crippen molar-refractivity contribution in [3.05, 3.63) is 167 Å². The zero-order valence-electron chi connectivity index (χ0n) is 32.6. The van der Waals surface area contributed by atoms with Crippen LogP contribution in [0.15, 0.2) is 140 Å². The minimum Gasteiger partial charge on any atom is -0.308 e. The van der Waals surface area contributed by atoms with Crippen molar-refractivity contribution in [1.82, 2.24) is 18.8 Å². The standard InChI is InChI=1S/C51H40N6/c1-29(2)32-20-14-21-33(30(3)4)46(32)56-49(34-17-7-6-16-31(34)5)52-57-50(56)37-22-15-25-42-44(37)51(57)45-47-38(35-18-8-10-23-40(35)54(42)47)28-39-36-19-9-11-24-41(36)55(48(39)45)43-26-12-13-27-53(43)51/h6-30H,1-5H3/q+2/t51-/m0/s1. The van der Waals surface area contributed by atoms with Crippen LogP contribution in [-0.2, 0) is 5.66 Å². The van der Waals surface area contributed by atoms with Crippen LogP contribution in [0.4, 0.5) is 0 Å². The molecule has 6 heteroatoms. The van der Waals surface area contributed by atoms with E-state index in [0.29, 0.717) is 11.8 Å². The van der Waals surface area contributed by atoms with E-state index >= 15 is 0 Å². The molecular formula is C51H40N6+2. The molecule has 13 rings (SSSR count). The Morgan fingerprint density at radius 1 is 0.561 bits per heavy atom. The number of hydrogen-bond donors (Lipinski definition) is 0. The largest absolute Gasteiger partial charge is 0.335 e. The molecule has 10 aromatic rings. The third kappa shape index (κ3) is 3.49. The minimum atomic E-state index is -0.835. The molecule has 0 aliphatic carbocycles. The molecule has 1 atom stereocenters. The normalized spacial score (nSPS) is 15.8.